The van der Waals surface area contributed by atoms with Gasteiger partial charge in [0.15, 0.2) is 0 Å². The first-order valence-corrected chi connectivity index (χ1v) is 6.79. The van der Waals surface area contributed by atoms with Crippen molar-refractivity contribution in [2.75, 3.05) is 78.5 Å². The Bertz CT molecular complexity index is 156. The molecule has 0 aromatic heterocycles. The largest absolute Gasteiger partial charge is 1.00 e. The van der Waals surface area contributed by atoms with Crippen LogP contribution in [-0.2, 0) is 0 Å². The molecule has 0 radical (unpaired) electrons. The van der Waals surface area contributed by atoms with E-state index in [0.29, 0.717) is 0 Å². The van der Waals surface area contributed by atoms with E-state index in [1.807, 2.05) is 0 Å². The number of nitrogens with zero attached hydrogens (tertiary/aromatic N) is 4. The number of hydrogen-bond acceptors (Lipinski definition) is 4. The Morgan fingerprint density at radius 2 is 0.389 bits per heavy atom. The minimum absolute atomic E-state index is 0. The summed E-state index contributed by atoms with van der Waals surface area (Å²) in [4.78, 5) is 10.2. The van der Waals surface area contributed by atoms with E-state index in [1.165, 1.54) is 78.5 Å². The predicted octanol–water partition coefficient (Wildman–Crippen LogP) is -6.76. The van der Waals surface area contributed by atoms with Crippen molar-refractivity contribution < 1.29 is 34.0 Å². The van der Waals surface area contributed by atoms with Crippen LogP contribution in [0.5, 0.6) is 0 Å². The molecule has 0 unspecified atom stereocenters. The van der Waals surface area contributed by atoms with Crippen LogP contribution in [0.3, 0.4) is 0 Å². The van der Waals surface area contributed by atoms with Gasteiger partial charge in [-0.25, -0.2) is 0 Å². The number of rotatable bonds is 0. The molecule has 0 atom stereocenters. The van der Waals surface area contributed by atoms with E-state index in [4.69, 9.17) is 0 Å². The van der Waals surface area contributed by atoms with Crippen LogP contribution in [0.2, 0.25) is 0 Å². The number of hydrogen-bond donors (Lipinski definition) is 0. The molecule has 108 valence electrons. The van der Waals surface area contributed by atoms with Gasteiger partial charge in [-0.05, 0) is 0 Å². The van der Waals surface area contributed by atoms with E-state index in [9.17, 15) is 0 Å². The average Bonchev–Trinajstić information content (AvgIpc) is 2.44. The van der Waals surface area contributed by atoms with E-state index in [1.54, 1.807) is 0 Å². The van der Waals surface area contributed by atoms with E-state index >= 15 is 0 Å². The van der Waals surface area contributed by atoms with Crippen LogP contribution in [-0.4, -0.2) is 98.1 Å². The van der Waals surface area contributed by atoms with Crippen LogP contribution in [0.4, 0.5) is 0 Å². The summed E-state index contributed by atoms with van der Waals surface area (Å²) in [6, 6.07) is 0. The SMILES string of the molecule is C1CN2CCN1CC2.C1CN2CCN1CC2.[Br-].[Br-]. The summed E-state index contributed by atoms with van der Waals surface area (Å²) in [5.41, 5.74) is 0. The summed E-state index contributed by atoms with van der Waals surface area (Å²) in [5.74, 6) is 0. The second-order valence-electron chi connectivity index (χ2n) is 5.37. The van der Waals surface area contributed by atoms with E-state index in [0.717, 1.165) is 0 Å². The summed E-state index contributed by atoms with van der Waals surface area (Å²) in [5, 5.41) is 0. The highest BCUT2D eigenvalue weighted by Gasteiger charge is 2.22. The highest BCUT2D eigenvalue weighted by Crippen LogP contribution is 2.07. The van der Waals surface area contributed by atoms with E-state index in [2.05, 4.69) is 19.6 Å². The molecule has 4 nitrogen and oxygen atoms in total. The summed E-state index contributed by atoms with van der Waals surface area (Å²) in [7, 11) is 0. The minimum Gasteiger partial charge on any atom is -1.00 e. The van der Waals surface area contributed by atoms with Crippen molar-refractivity contribution in [3.63, 3.8) is 0 Å². The zero-order valence-electron chi connectivity index (χ0n) is 11.0. The van der Waals surface area contributed by atoms with Crippen molar-refractivity contribution >= 4 is 0 Å². The van der Waals surface area contributed by atoms with Crippen LogP contribution >= 0.6 is 0 Å². The van der Waals surface area contributed by atoms with Gasteiger partial charge in [-0.3, -0.25) is 19.6 Å². The average molecular weight is 384 g/mol. The zero-order chi connectivity index (χ0) is 10.8. The van der Waals surface area contributed by atoms with Gasteiger partial charge in [-0.15, -0.1) is 0 Å². The molecule has 6 fully saturated rings. The Morgan fingerprint density at radius 3 is 0.444 bits per heavy atom. The second kappa shape index (κ2) is 8.17. The lowest BCUT2D eigenvalue weighted by Crippen LogP contribution is -3.00. The van der Waals surface area contributed by atoms with Crippen molar-refractivity contribution in [1.29, 1.82) is 0 Å². The molecule has 0 spiro atoms. The fraction of sp³-hybridized carbons (Fsp3) is 1.00. The maximum atomic E-state index is 2.54. The Labute approximate surface area is 132 Å². The highest BCUT2D eigenvalue weighted by atomic mass is 79.9. The number of halogens is 2. The highest BCUT2D eigenvalue weighted by molar-refractivity contribution is 4.79. The van der Waals surface area contributed by atoms with Gasteiger partial charge in [0, 0.05) is 78.5 Å². The molecule has 6 saturated heterocycles. The van der Waals surface area contributed by atoms with Gasteiger partial charge in [-0.2, -0.15) is 0 Å². The smallest absolute Gasteiger partial charge is 0.0110 e. The Kier molecular flexibility index (Phi) is 7.65. The van der Waals surface area contributed by atoms with Crippen molar-refractivity contribution in [2.24, 2.45) is 0 Å². The molecule has 18 heavy (non-hydrogen) atoms. The molecule has 0 saturated carbocycles. The number of piperazine rings is 6. The maximum absolute atomic E-state index is 2.54. The van der Waals surface area contributed by atoms with Crippen LogP contribution in [0.25, 0.3) is 0 Å². The Morgan fingerprint density at radius 1 is 0.278 bits per heavy atom. The Balaban J connectivity index is 0.000000162. The molecule has 0 aromatic carbocycles. The van der Waals surface area contributed by atoms with Crippen LogP contribution < -0.4 is 34.0 Å². The standard InChI is InChI=1S/2C6H12N2.2BrH/c2*1-2-8-5-3-7(1)4-6-8;;/h2*1-6H2;2*1H/p-2. The molecule has 6 rings (SSSR count). The molecule has 6 heterocycles. The zero-order valence-corrected chi connectivity index (χ0v) is 14.2. The predicted molar refractivity (Wildman–Crippen MR) is 65.8 cm³/mol. The first kappa shape index (κ1) is 16.9. The molecule has 0 amide bonds. The quantitative estimate of drug-likeness (QED) is 0.412. The molecule has 6 heteroatoms. The van der Waals surface area contributed by atoms with Gasteiger partial charge in [0.1, 0.15) is 0 Å². The normalized spacial score (nSPS) is 40.0. The first-order chi connectivity index (χ1) is 7.90. The number of fused-ring (bicyclic) bond motifs is 6. The van der Waals surface area contributed by atoms with Gasteiger partial charge in [-0.1, -0.05) is 0 Å². The first-order valence-electron chi connectivity index (χ1n) is 6.79. The van der Waals surface area contributed by atoms with Crippen molar-refractivity contribution in [2.45, 2.75) is 0 Å². The van der Waals surface area contributed by atoms with Gasteiger partial charge in [0.2, 0.25) is 0 Å². The molecular weight excluding hydrogens is 360 g/mol. The van der Waals surface area contributed by atoms with Gasteiger partial charge in [0.05, 0.1) is 0 Å². The molecule has 6 aliphatic heterocycles. The fourth-order valence-corrected chi connectivity index (χ4v) is 3.04. The fourth-order valence-electron chi connectivity index (χ4n) is 3.04. The van der Waals surface area contributed by atoms with Gasteiger partial charge >= 0.3 is 0 Å². The third-order valence-electron chi connectivity index (χ3n) is 4.39. The van der Waals surface area contributed by atoms with Crippen molar-refractivity contribution in [3.05, 3.63) is 0 Å². The van der Waals surface area contributed by atoms with Crippen molar-refractivity contribution in [3.8, 4) is 0 Å². The van der Waals surface area contributed by atoms with Gasteiger partial charge < -0.3 is 34.0 Å². The second-order valence-corrected chi connectivity index (χ2v) is 5.37. The Hall–Kier alpha value is 0.800. The molecule has 0 aliphatic carbocycles. The van der Waals surface area contributed by atoms with E-state index < -0.39 is 0 Å². The van der Waals surface area contributed by atoms with Crippen LogP contribution in [0.1, 0.15) is 0 Å². The molecular formula is C12H24Br2N4-2. The van der Waals surface area contributed by atoms with Crippen LogP contribution in [0, 0.1) is 0 Å². The summed E-state index contributed by atoms with van der Waals surface area (Å²) in [6.07, 6.45) is 0. The molecule has 0 aromatic rings. The summed E-state index contributed by atoms with van der Waals surface area (Å²) >= 11 is 0. The lowest BCUT2D eigenvalue weighted by molar-refractivity contribution is -0.001000. The van der Waals surface area contributed by atoms with Crippen molar-refractivity contribution in [1.82, 2.24) is 19.6 Å². The molecule has 6 aliphatic rings. The molecule has 0 N–H and O–H groups in total. The molecule has 4 bridgehead atoms. The van der Waals surface area contributed by atoms with E-state index in [-0.39, 0.29) is 34.0 Å². The monoisotopic (exact) mass is 382 g/mol. The lowest BCUT2D eigenvalue weighted by Gasteiger charge is -2.41. The van der Waals surface area contributed by atoms with Gasteiger partial charge in [0.25, 0.3) is 0 Å². The topological polar surface area (TPSA) is 13.0 Å². The lowest BCUT2D eigenvalue weighted by atomic mass is 10.2. The van der Waals surface area contributed by atoms with Crippen LogP contribution in [0.15, 0.2) is 0 Å². The summed E-state index contributed by atoms with van der Waals surface area (Å²) in [6.45, 7) is 15.8. The minimum atomic E-state index is 0. The maximum Gasteiger partial charge on any atom is 0.0110 e. The summed E-state index contributed by atoms with van der Waals surface area (Å²) < 4.78 is 0. The third-order valence-corrected chi connectivity index (χ3v) is 4.39. The third kappa shape index (κ3) is 4.42.